The first kappa shape index (κ1) is 32.8. The Morgan fingerprint density at radius 3 is 2.34 bits per heavy atom. The molecule has 1 saturated heterocycles. The minimum Gasteiger partial charge on any atom is -0.508 e. The molecule has 12 heteroatoms. The van der Waals surface area contributed by atoms with Crippen molar-refractivity contribution < 1.29 is 37.4 Å². The smallest absolute Gasteiger partial charge is 0.337 e. The van der Waals surface area contributed by atoms with Crippen molar-refractivity contribution in [3.05, 3.63) is 94.3 Å². The van der Waals surface area contributed by atoms with Crippen LogP contribution in [0.1, 0.15) is 43.3 Å². The molecule has 0 spiro atoms. The lowest BCUT2D eigenvalue weighted by Crippen LogP contribution is -2.53. The van der Waals surface area contributed by atoms with E-state index in [0.717, 1.165) is 6.26 Å². The molecule has 3 aromatic rings. The van der Waals surface area contributed by atoms with Crippen LogP contribution in [0.2, 0.25) is 0 Å². The monoisotopic (exact) mass is 625 g/mol. The number of para-hydroxylation sites is 1. The number of carboxylic acids is 1. The van der Waals surface area contributed by atoms with Crippen molar-refractivity contribution in [2.24, 2.45) is 11.8 Å². The van der Waals surface area contributed by atoms with E-state index in [1.54, 1.807) is 38.1 Å². The number of carboxylic acid groups (broad SMARTS) is 1. The van der Waals surface area contributed by atoms with Gasteiger partial charge in [-0.05, 0) is 54.8 Å². The number of nitrogens with one attached hydrogen (secondary N) is 1. The number of carbonyl (C=O) groups excluding carboxylic acids is 2. The van der Waals surface area contributed by atoms with Gasteiger partial charge in [0.25, 0.3) is 0 Å². The van der Waals surface area contributed by atoms with Crippen LogP contribution in [0.5, 0.6) is 5.75 Å². The van der Waals surface area contributed by atoms with E-state index in [0.29, 0.717) is 11.1 Å². The molecule has 0 aromatic heterocycles. The zero-order valence-electron chi connectivity index (χ0n) is 25.0. The second kappa shape index (κ2) is 13.2. The highest BCUT2D eigenvalue weighted by Gasteiger charge is 2.45. The van der Waals surface area contributed by atoms with Gasteiger partial charge in [0.15, 0.2) is 5.78 Å². The lowest BCUT2D eigenvalue weighted by molar-refractivity contribution is -0.122. The maximum absolute atomic E-state index is 14.9. The molecule has 0 aliphatic carbocycles. The molecule has 3 N–H and O–H groups in total. The summed E-state index contributed by atoms with van der Waals surface area (Å²) < 4.78 is 40.3. The van der Waals surface area contributed by atoms with Crippen LogP contribution < -0.4 is 5.32 Å². The van der Waals surface area contributed by atoms with E-state index in [4.69, 9.17) is 0 Å². The van der Waals surface area contributed by atoms with Crippen LogP contribution in [0.4, 0.5) is 10.1 Å². The van der Waals surface area contributed by atoms with Gasteiger partial charge in [-0.1, -0.05) is 36.4 Å². The summed E-state index contributed by atoms with van der Waals surface area (Å²) in [6, 6.07) is 14.9. The summed E-state index contributed by atoms with van der Waals surface area (Å²) in [5, 5.41) is 22.7. The van der Waals surface area contributed by atoms with Crippen molar-refractivity contribution >= 4 is 33.4 Å². The maximum Gasteiger partial charge on any atom is 0.337 e. The van der Waals surface area contributed by atoms with Gasteiger partial charge >= 0.3 is 5.97 Å². The zero-order valence-corrected chi connectivity index (χ0v) is 25.8. The predicted octanol–water partition coefficient (Wildman–Crippen LogP) is 3.89. The van der Waals surface area contributed by atoms with Crippen molar-refractivity contribution in [2.45, 2.75) is 19.8 Å². The lowest BCUT2D eigenvalue weighted by Gasteiger charge is -2.43. The summed E-state index contributed by atoms with van der Waals surface area (Å²) in [5.41, 5.74) is 1.47. The molecule has 1 heterocycles. The Kier molecular flexibility index (Phi) is 9.87. The SMILES string of the molecule is Cc1cccc(C(=O)O)c1NC(=O)C1CN(CCN(C)S(C)(=O)=O)CC(C(=O)c2cccc(O)c2)C1c1cccc(F)c1C. The third-order valence-corrected chi connectivity index (χ3v) is 9.61. The first-order chi connectivity index (χ1) is 20.7. The number of hydrogen-bond donors (Lipinski definition) is 3. The molecular weight excluding hydrogens is 589 g/mol. The van der Waals surface area contributed by atoms with Crippen LogP contribution >= 0.6 is 0 Å². The van der Waals surface area contributed by atoms with Crippen LogP contribution in [0.3, 0.4) is 0 Å². The highest BCUT2D eigenvalue weighted by Crippen LogP contribution is 2.42. The number of nitrogens with zero attached hydrogens (tertiary/aromatic N) is 2. The highest BCUT2D eigenvalue weighted by molar-refractivity contribution is 7.88. The van der Waals surface area contributed by atoms with E-state index in [2.05, 4.69) is 5.32 Å². The fourth-order valence-corrected chi connectivity index (χ4v) is 6.19. The molecule has 1 fully saturated rings. The molecule has 234 valence electrons. The van der Waals surface area contributed by atoms with Gasteiger partial charge in [-0.3, -0.25) is 9.59 Å². The summed E-state index contributed by atoms with van der Waals surface area (Å²) in [7, 11) is -2.06. The first-order valence-electron chi connectivity index (χ1n) is 14.0. The summed E-state index contributed by atoms with van der Waals surface area (Å²) >= 11 is 0. The van der Waals surface area contributed by atoms with E-state index in [1.807, 2.05) is 4.90 Å². The number of piperidine rings is 1. The highest BCUT2D eigenvalue weighted by atomic mass is 32.2. The van der Waals surface area contributed by atoms with Crippen molar-refractivity contribution in [3.8, 4) is 5.75 Å². The van der Waals surface area contributed by atoms with Crippen LogP contribution in [0, 0.1) is 31.5 Å². The Hall–Kier alpha value is -4.13. The minimum absolute atomic E-state index is 0.0855. The van der Waals surface area contributed by atoms with Gasteiger partial charge in [0.05, 0.1) is 23.4 Å². The normalized spacial score (nSPS) is 19.1. The molecule has 4 rings (SSSR count). The second-order valence-corrected chi connectivity index (χ2v) is 13.3. The number of anilines is 1. The molecule has 0 bridgehead atoms. The van der Waals surface area contributed by atoms with Gasteiger partial charge in [-0.25, -0.2) is 21.9 Å². The number of sulfonamides is 1. The number of hydrogen-bond acceptors (Lipinski definition) is 7. The van der Waals surface area contributed by atoms with Gasteiger partial charge in [0.2, 0.25) is 15.9 Å². The molecule has 3 aromatic carbocycles. The number of ketones is 1. The van der Waals surface area contributed by atoms with Gasteiger partial charge in [0.1, 0.15) is 11.6 Å². The maximum atomic E-state index is 14.9. The molecule has 1 aliphatic heterocycles. The number of carbonyl (C=O) groups is 3. The summed E-state index contributed by atoms with van der Waals surface area (Å²) in [6.07, 6.45) is 1.08. The Morgan fingerprint density at radius 2 is 1.68 bits per heavy atom. The lowest BCUT2D eigenvalue weighted by atomic mass is 9.69. The number of Topliss-reactive ketones (excluding diaryl/α,β-unsaturated/α-hetero) is 1. The third-order valence-electron chi connectivity index (χ3n) is 8.30. The fraction of sp³-hybridized carbons (Fsp3) is 0.344. The average Bonchev–Trinajstić information content (AvgIpc) is 2.96. The van der Waals surface area contributed by atoms with Gasteiger partial charge in [-0.15, -0.1) is 0 Å². The minimum atomic E-state index is -3.50. The van der Waals surface area contributed by atoms with Crippen molar-refractivity contribution in [3.63, 3.8) is 0 Å². The molecule has 0 saturated carbocycles. The number of aromatic carboxylic acids is 1. The Balaban J connectivity index is 1.84. The standard InChI is InChI=1S/C32H36FN3O7S/c1-19-8-5-12-24(32(40)41)29(19)34-31(39)26-18-36(15-14-35(3)44(4,42)43)17-25(30(38)21-9-6-10-22(37)16-21)28(26)23-11-7-13-27(33)20(23)2/h5-13,16,25-26,28,37H,14-15,17-18H2,1-4H3,(H,34,39)(H,40,41). The Labute approximate surface area is 256 Å². The topological polar surface area (TPSA) is 144 Å². The van der Waals surface area contributed by atoms with Gasteiger partial charge in [-0.2, -0.15) is 0 Å². The van der Waals surface area contributed by atoms with Crippen LogP contribution in [-0.2, 0) is 14.8 Å². The van der Waals surface area contributed by atoms with Gasteiger partial charge < -0.3 is 20.4 Å². The molecule has 0 radical (unpaired) electrons. The molecular formula is C32H36FN3O7S. The van der Waals surface area contributed by atoms with Gasteiger partial charge in [0, 0.05) is 50.6 Å². The second-order valence-electron chi connectivity index (χ2n) is 11.2. The number of halogens is 1. The quantitative estimate of drug-likeness (QED) is 0.288. The number of aromatic hydroxyl groups is 1. The predicted molar refractivity (Wildman–Crippen MR) is 164 cm³/mol. The number of aryl methyl sites for hydroxylation is 1. The number of rotatable bonds is 10. The van der Waals surface area contributed by atoms with E-state index in [-0.39, 0.29) is 60.1 Å². The Morgan fingerprint density at radius 1 is 1.02 bits per heavy atom. The number of phenolic OH excluding ortho intramolecular Hbond substituents is 1. The summed E-state index contributed by atoms with van der Waals surface area (Å²) in [5.74, 6) is -5.50. The van der Waals surface area contributed by atoms with Crippen LogP contribution in [0.25, 0.3) is 0 Å². The van der Waals surface area contributed by atoms with Crippen molar-refractivity contribution in [1.29, 1.82) is 0 Å². The summed E-state index contributed by atoms with van der Waals surface area (Å²) in [4.78, 5) is 42.2. The van der Waals surface area contributed by atoms with Crippen molar-refractivity contribution in [2.75, 3.05) is 44.8 Å². The molecule has 3 atom stereocenters. The van der Waals surface area contributed by atoms with E-state index in [1.165, 1.54) is 47.8 Å². The fourth-order valence-electron chi connectivity index (χ4n) is 5.78. The van der Waals surface area contributed by atoms with Crippen molar-refractivity contribution in [1.82, 2.24) is 9.21 Å². The molecule has 44 heavy (non-hydrogen) atoms. The first-order valence-corrected chi connectivity index (χ1v) is 15.9. The number of likely N-dealkylation sites (tertiary alicyclic amines) is 1. The van der Waals surface area contributed by atoms with Crippen LogP contribution in [-0.4, -0.2) is 85.0 Å². The zero-order chi connectivity index (χ0) is 32.3. The molecule has 1 aliphatic rings. The summed E-state index contributed by atoms with van der Waals surface area (Å²) in [6.45, 7) is 3.73. The van der Waals surface area contributed by atoms with E-state index in [9.17, 15) is 37.4 Å². The molecule has 3 unspecified atom stereocenters. The average molecular weight is 626 g/mol. The largest absolute Gasteiger partial charge is 0.508 e. The number of likely N-dealkylation sites (N-methyl/N-ethyl adjacent to an activating group) is 1. The number of phenols is 1. The van der Waals surface area contributed by atoms with E-state index >= 15 is 0 Å². The Bertz CT molecular complexity index is 1690. The molecule has 10 nitrogen and oxygen atoms in total. The number of amides is 1. The number of benzene rings is 3. The van der Waals surface area contributed by atoms with Crippen LogP contribution in [0.15, 0.2) is 60.7 Å². The molecule has 1 amide bonds. The van der Waals surface area contributed by atoms with E-state index < -0.39 is 45.5 Å². The third kappa shape index (κ3) is 7.15.